The minimum Gasteiger partial charge on any atom is -0.393 e. The lowest BCUT2D eigenvalue weighted by atomic mass is 10.3. The normalized spacial score (nSPS) is 10.8. The summed E-state index contributed by atoms with van der Waals surface area (Å²) in [6.45, 7) is 3.21. The monoisotopic (exact) mass is 199 g/mol. The number of nitrogens with zero attached hydrogens (tertiary/aromatic N) is 2. The molecular weight excluding hydrogens is 182 g/mol. The SMILES string of the molecule is CCCn1c(COC)c(N)c(=O)n1C. The molecule has 0 amide bonds. The fourth-order valence-electron chi connectivity index (χ4n) is 1.51. The molecule has 0 bridgehead atoms. The van der Waals surface area contributed by atoms with Crippen LogP contribution in [0.5, 0.6) is 0 Å². The van der Waals surface area contributed by atoms with E-state index in [1.54, 1.807) is 14.2 Å². The summed E-state index contributed by atoms with van der Waals surface area (Å²) in [5.41, 5.74) is 6.60. The fraction of sp³-hybridized carbons (Fsp3) is 0.667. The highest BCUT2D eigenvalue weighted by atomic mass is 16.5. The topological polar surface area (TPSA) is 62.2 Å². The van der Waals surface area contributed by atoms with Gasteiger partial charge in [-0.15, -0.1) is 0 Å². The second kappa shape index (κ2) is 4.32. The Labute approximate surface area is 83.1 Å². The number of rotatable bonds is 4. The zero-order valence-corrected chi connectivity index (χ0v) is 8.91. The summed E-state index contributed by atoms with van der Waals surface area (Å²) in [5.74, 6) is 0. The molecule has 0 radical (unpaired) electrons. The third-order valence-corrected chi connectivity index (χ3v) is 2.23. The molecule has 0 saturated heterocycles. The number of nitrogen functional groups attached to an aromatic ring is 1. The van der Waals surface area contributed by atoms with Crippen LogP contribution in [0.1, 0.15) is 19.0 Å². The summed E-state index contributed by atoms with van der Waals surface area (Å²) in [6.07, 6.45) is 0.956. The smallest absolute Gasteiger partial charge is 0.289 e. The first-order valence-electron chi connectivity index (χ1n) is 4.66. The third kappa shape index (κ3) is 1.68. The molecule has 1 aromatic rings. The van der Waals surface area contributed by atoms with Gasteiger partial charge in [0.05, 0.1) is 12.3 Å². The molecule has 0 aliphatic heterocycles. The van der Waals surface area contributed by atoms with E-state index in [1.807, 2.05) is 4.68 Å². The maximum absolute atomic E-state index is 11.5. The first kappa shape index (κ1) is 10.8. The lowest BCUT2D eigenvalue weighted by Crippen LogP contribution is -2.20. The van der Waals surface area contributed by atoms with Crippen molar-refractivity contribution in [2.24, 2.45) is 7.05 Å². The van der Waals surface area contributed by atoms with Gasteiger partial charge < -0.3 is 10.5 Å². The Hall–Kier alpha value is -1.23. The zero-order chi connectivity index (χ0) is 10.7. The molecule has 2 N–H and O–H groups in total. The van der Waals surface area contributed by atoms with E-state index >= 15 is 0 Å². The van der Waals surface area contributed by atoms with Gasteiger partial charge in [0.2, 0.25) is 0 Å². The predicted molar refractivity (Wildman–Crippen MR) is 55.1 cm³/mol. The molecule has 5 nitrogen and oxygen atoms in total. The second-order valence-electron chi connectivity index (χ2n) is 3.25. The van der Waals surface area contributed by atoms with Gasteiger partial charge in [0, 0.05) is 20.7 Å². The van der Waals surface area contributed by atoms with Crippen LogP contribution in [0.25, 0.3) is 0 Å². The van der Waals surface area contributed by atoms with Crippen molar-refractivity contribution in [3.63, 3.8) is 0 Å². The minimum absolute atomic E-state index is 0.148. The molecule has 0 aliphatic carbocycles. The van der Waals surface area contributed by atoms with E-state index in [0.717, 1.165) is 18.7 Å². The Bertz CT molecular complexity index is 332. The molecule has 0 unspecified atom stereocenters. The predicted octanol–water partition coefficient (Wildman–Crippen LogP) is 0.325. The molecule has 0 aromatic carbocycles. The van der Waals surface area contributed by atoms with Crippen LogP contribution >= 0.6 is 0 Å². The van der Waals surface area contributed by atoms with Crippen LogP contribution in [-0.2, 0) is 24.9 Å². The van der Waals surface area contributed by atoms with Gasteiger partial charge in [-0.3, -0.25) is 14.2 Å². The molecule has 14 heavy (non-hydrogen) atoms. The Morgan fingerprint density at radius 3 is 2.64 bits per heavy atom. The molecule has 1 heterocycles. The summed E-state index contributed by atoms with van der Waals surface area (Å²) in [4.78, 5) is 11.5. The molecule has 0 spiro atoms. The van der Waals surface area contributed by atoms with E-state index < -0.39 is 0 Å². The van der Waals surface area contributed by atoms with Crippen molar-refractivity contribution in [3.8, 4) is 0 Å². The second-order valence-corrected chi connectivity index (χ2v) is 3.25. The summed E-state index contributed by atoms with van der Waals surface area (Å²) in [7, 11) is 3.31. The molecule has 1 rings (SSSR count). The van der Waals surface area contributed by atoms with Gasteiger partial charge in [-0.05, 0) is 6.42 Å². The average Bonchev–Trinajstić information content (AvgIpc) is 2.36. The highest BCUT2D eigenvalue weighted by Gasteiger charge is 2.13. The molecule has 80 valence electrons. The first-order valence-corrected chi connectivity index (χ1v) is 4.66. The van der Waals surface area contributed by atoms with Gasteiger partial charge in [-0.2, -0.15) is 0 Å². The van der Waals surface area contributed by atoms with E-state index in [1.165, 1.54) is 4.68 Å². The number of methoxy groups -OCH3 is 1. The average molecular weight is 199 g/mol. The summed E-state index contributed by atoms with van der Waals surface area (Å²) < 4.78 is 8.41. The van der Waals surface area contributed by atoms with Gasteiger partial charge in [0.25, 0.3) is 5.56 Å². The van der Waals surface area contributed by atoms with Crippen molar-refractivity contribution < 1.29 is 4.74 Å². The number of ether oxygens (including phenoxy) is 1. The van der Waals surface area contributed by atoms with Crippen LogP contribution in [-0.4, -0.2) is 16.5 Å². The number of aromatic nitrogens is 2. The molecule has 0 aliphatic rings. The van der Waals surface area contributed by atoms with E-state index in [0.29, 0.717) is 12.3 Å². The van der Waals surface area contributed by atoms with Crippen molar-refractivity contribution in [1.82, 2.24) is 9.36 Å². The summed E-state index contributed by atoms with van der Waals surface area (Å²) in [5, 5.41) is 0. The van der Waals surface area contributed by atoms with Gasteiger partial charge in [-0.25, -0.2) is 0 Å². The van der Waals surface area contributed by atoms with Crippen molar-refractivity contribution in [2.75, 3.05) is 12.8 Å². The van der Waals surface area contributed by atoms with E-state index in [4.69, 9.17) is 10.5 Å². The quantitative estimate of drug-likeness (QED) is 0.760. The van der Waals surface area contributed by atoms with Gasteiger partial charge in [0.15, 0.2) is 0 Å². The molecule has 0 atom stereocenters. The van der Waals surface area contributed by atoms with E-state index in [2.05, 4.69) is 6.92 Å². The van der Waals surface area contributed by atoms with Crippen molar-refractivity contribution >= 4 is 5.69 Å². The van der Waals surface area contributed by atoms with Crippen LogP contribution in [0.4, 0.5) is 5.69 Å². The largest absolute Gasteiger partial charge is 0.393 e. The zero-order valence-electron chi connectivity index (χ0n) is 8.91. The Morgan fingerprint density at radius 1 is 1.50 bits per heavy atom. The number of hydrogen-bond donors (Lipinski definition) is 1. The van der Waals surface area contributed by atoms with Crippen LogP contribution < -0.4 is 11.3 Å². The van der Waals surface area contributed by atoms with Crippen LogP contribution in [0.2, 0.25) is 0 Å². The summed E-state index contributed by atoms with van der Waals surface area (Å²) in [6, 6.07) is 0. The van der Waals surface area contributed by atoms with Crippen LogP contribution in [0.15, 0.2) is 4.79 Å². The Balaban J connectivity index is 3.22. The van der Waals surface area contributed by atoms with Gasteiger partial charge >= 0.3 is 0 Å². The van der Waals surface area contributed by atoms with E-state index in [9.17, 15) is 4.79 Å². The Kier molecular flexibility index (Phi) is 3.35. The van der Waals surface area contributed by atoms with Crippen LogP contribution in [0.3, 0.4) is 0 Å². The standard InChI is InChI=1S/C9H17N3O2/c1-4-5-12-7(6-14-3)8(10)9(13)11(12)2/h4-6,10H2,1-3H3. The van der Waals surface area contributed by atoms with Crippen molar-refractivity contribution in [3.05, 3.63) is 16.0 Å². The van der Waals surface area contributed by atoms with E-state index in [-0.39, 0.29) is 5.56 Å². The van der Waals surface area contributed by atoms with Crippen molar-refractivity contribution in [2.45, 2.75) is 26.5 Å². The fourth-order valence-corrected chi connectivity index (χ4v) is 1.51. The highest BCUT2D eigenvalue weighted by Crippen LogP contribution is 2.09. The summed E-state index contributed by atoms with van der Waals surface area (Å²) >= 11 is 0. The first-order chi connectivity index (χ1) is 6.63. The minimum atomic E-state index is -0.148. The lowest BCUT2D eigenvalue weighted by molar-refractivity contribution is 0.175. The lowest BCUT2D eigenvalue weighted by Gasteiger charge is -2.09. The maximum atomic E-state index is 11.5. The highest BCUT2D eigenvalue weighted by molar-refractivity contribution is 5.41. The molecular formula is C9H17N3O2. The Morgan fingerprint density at radius 2 is 2.14 bits per heavy atom. The molecule has 5 heteroatoms. The molecule has 0 fully saturated rings. The van der Waals surface area contributed by atoms with Gasteiger partial charge in [-0.1, -0.05) is 6.92 Å². The molecule has 0 saturated carbocycles. The maximum Gasteiger partial charge on any atom is 0.289 e. The number of hydrogen-bond acceptors (Lipinski definition) is 3. The third-order valence-electron chi connectivity index (χ3n) is 2.23. The number of anilines is 1. The number of nitrogens with two attached hydrogens (primary N) is 1. The molecule has 1 aromatic heterocycles. The van der Waals surface area contributed by atoms with Gasteiger partial charge in [0.1, 0.15) is 5.69 Å². The van der Waals surface area contributed by atoms with Crippen molar-refractivity contribution in [1.29, 1.82) is 0 Å². The van der Waals surface area contributed by atoms with Crippen LogP contribution in [0, 0.1) is 0 Å².